The van der Waals surface area contributed by atoms with Gasteiger partial charge in [0.1, 0.15) is 17.1 Å². The van der Waals surface area contributed by atoms with Crippen LogP contribution in [0.4, 0.5) is 5.69 Å². The van der Waals surface area contributed by atoms with Crippen molar-refractivity contribution in [3.63, 3.8) is 0 Å². The number of fused-ring (bicyclic) bond motifs is 1. The molecule has 0 fully saturated rings. The average molecular weight is 449 g/mol. The van der Waals surface area contributed by atoms with Crippen LogP contribution in [0, 0.1) is 0 Å². The van der Waals surface area contributed by atoms with Crippen LogP contribution in [-0.2, 0) is 25.7 Å². The molecule has 2 aromatic carbocycles. The first kappa shape index (κ1) is 23.3. The van der Waals surface area contributed by atoms with Gasteiger partial charge < -0.3 is 20.1 Å². The predicted molar refractivity (Wildman–Crippen MR) is 121 cm³/mol. The van der Waals surface area contributed by atoms with Crippen LogP contribution < -0.4 is 15.4 Å². The first-order valence-electron chi connectivity index (χ1n) is 9.85. The molecule has 170 valence electrons. The minimum Gasteiger partial charge on any atom is -0.496 e. The molecule has 1 heterocycles. The highest BCUT2D eigenvalue weighted by atomic mass is 16.5. The maximum atomic E-state index is 13.2. The monoisotopic (exact) mass is 449 g/mol. The number of carbonyl (C=O) groups is 4. The zero-order valence-corrected chi connectivity index (χ0v) is 18.5. The number of anilines is 1. The first-order chi connectivity index (χ1) is 15.7. The molecule has 9 nitrogen and oxygen atoms in total. The van der Waals surface area contributed by atoms with Gasteiger partial charge in [-0.2, -0.15) is 0 Å². The van der Waals surface area contributed by atoms with Crippen molar-refractivity contribution in [1.82, 2.24) is 10.2 Å². The van der Waals surface area contributed by atoms with E-state index in [1.807, 2.05) is 18.2 Å². The summed E-state index contributed by atoms with van der Waals surface area (Å²) >= 11 is 0. The summed E-state index contributed by atoms with van der Waals surface area (Å²) in [6.45, 7) is 8.67. The molecule has 1 aliphatic rings. The quantitative estimate of drug-likeness (QED) is 0.496. The van der Waals surface area contributed by atoms with E-state index in [4.69, 9.17) is 4.74 Å². The second kappa shape index (κ2) is 9.39. The molecule has 0 bridgehead atoms. The van der Waals surface area contributed by atoms with Crippen LogP contribution in [0.25, 0.3) is 11.1 Å². The minimum absolute atomic E-state index is 0.0745. The molecule has 0 aliphatic carbocycles. The largest absolute Gasteiger partial charge is 0.496 e. The molecule has 3 amide bonds. The van der Waals surface area contributed by atoms with Crippen molar-refractivity contribution in [3.8, 4) is 16.9 Å². The Kier molecular flexibility index (Phi) is 6.62. The average Bonchev–Trinajstić information content (AvgIpc) is 3.14. The van der Waals surface area contributed by atoms with Gasteiger partial charge in [-0.3, -0.25) is 19.3 Å². The number of hydrogen-bond acceptors (Lipinski definition) is 6. The zero-order chi connectivity index (χ0) is 24.3. The Morgan fingerprint density at radius 1 is 1.03 bits per heavy atom. The second-order valence-electron chi connectivity index (χ2n) is 7.19. The molecule has 0 saturated carbocycles. The van der Waals surface area contributed by atoms with Gasteiger partial charge in [0.05, 0.1) is 26.3 Å². The van der Waals surface area contributed by atoms with E-state index in [-0.39, 0.29) is 23.8 Å². The number of amides is 3. The molecule has 0 unspecified atom stereocenters. The standard InChI is InChI=1S/C24H23N3O6/c1-13(24(31)33-5)25-22(29)14(2)27-12-19-18(10-11-20(32-4)21(19)23(27)30)16-6-8-17(9-7-16)26-15(3)28/h6-11H,1-2,12H2,3-5H3,(H,25,29)(H,26,28). The van der Waals surface area contributed by atoms with Gasteiger partial charge in [-0.15, -0.1) is 0 Å². The Labute approximate surface area is 190 Å². The van der Waals surface area contributed by atoms with Gasteiger partial charge in [-0.25, -0.2) is 4.79 Å². The number of hydrogen-bond donors (Lipinski definition) is 2. The number of carbonyl (C=O) groups excluding carboxylic acids is 4. The molecule has 0 aromatic heterocycles. The smallest absolute Gasteiger partial charge is 0.353 e. The first-order valence-corrected chi connectivity index (χ1v) is 9.85. The molecular formula is C24H23N3O6. The Balaban J connectivity index is 1.93. The molecule has 0 radical (unpaired) electrons. The highest BCUT2D eigenvalue weighted by molar-refractivity contribution is 6.09. The van der Waals surface area contributed by atoms with Crippen LogP contribution in [-0.4, -0.2) is 42.8 Å². The van der Waals surface area contributed by atoms with E-state index in [2.05, 4.69) is 28.5 Å². The number of benzene rings is 2. The molecule has 3 rings (SSSR count). The number of esters is 1. The van der Waals surface area contributed by atoms with E-state index in [0.29, 0.717) is 22.6 Å². The lowest BCUT2D eigenvalue weighted by Crippen LogP contribution is -2.36. The third-order valence-corrected chi connectivity index (χ3v) is 5.07. The molecular weight excluding hydrogens is 426 g/mol. The lowest BCUT2D eigenvalue weighted by Gasteiger charge is -2.18. The molecule has 2 aromatic rings. The third kappa shape index (κ3) is 4.62. The maximum Gasteiger partial charge on any atom is 0.353 e. The maximum absolute atomic E-state index is 13.2. The summed E-state index contributed by atoms with van der Waals surface area (Å²) in [7, 11) is 2.61. The molecule has 1 aliphatic heterocycles. The Morgan fingerprint density at radius 3 is 2.27 bits per heavy atom. The van der Waals surface area contributed by atoms with Crippen LogP contribution in [0.15, 0.2) is 61.0 Å². The van der Waals surface area contributed by atoms with Gasteiger partial charge in [0, 0.05) is 12.6 Å². The summed E-state index contributed by atoms with van der Waals surface area (Å²) in [6, 6.07) is 10.7. The van der Waals surface area contributed by atoms with Crippen LogP contribution >= 0.6 is 0 Å². The SMILES string of the molecule is C=C(NC(=O)C(=C)N1Cc2c(-c3ccc(NC(C)=O)cc3)ccc(OC)c2C1=O)C(=O)OC. The highest BCUT2D eigenvalue weighted by Crippen LogP contribution is 2.39. The van der Waals surface area contributed by atoms with Crippen LogP contribution in [0.1, 0.15) is 22.8 Å². The summed E-state index contributed by atoms with van der Waals surface area (Å²) < 4.78 is 9.89. The number of rotatable bonds is 7. The van der Waals surface area contributed by atoms with Crippen molar-refractivity contribution < 1.29 is 28.7 Å². The number of methoxy groups -OCH3 is 2. The van der Waals surface area contributed by atoms with E-state index in [9.17, 15) is 19.2 Å². The number of ether oxygens (including phenoxy) is 2. The van der Waals surface area contributed by atoms with Crippen molar-refractivity contribution in [1.29, 1.82) is 0 Å². The summed E-state index contributed by atoms with van der Waals surface area (Å²) in [5.74, 6) is -1.84. The fraction of sp³-hybridized carbons (Fsp3) is 0.167. The lowest BCUT2D eigenvalue weighted by atomic mass is 9.96. The molecule has 2 N–H and O–H groups in total. The van der Waals surface area contributed by atoms with Crippen LogP contribution in [0.2, 0.25) is 0 Å². The van der Waals surface area contributed by atoms with Crippen molar-refractivity contribution in [2.75, 3.05) is 19.5 Å². The Hall–Kier alpha value is -4.40. The summed E-state index contributed by atoms with van der Waals surface area (Å²) in [5.41, 5.74) is 2.77. The number of nitrogens with zero attached hydrogens (tertiary/aromatic N) is 1. The molecule has 33 heavy (non-hydrogen) atoms. The lowest BCUT2D eigenvalue weighted by molar-refractivity contribution is -0.137. The fourth-order valence-corrected chi connectivity index (χ4v) is 3.49. The van der Waals surface area contributed by atoms with E-state index >= 15 is 0 Å². The van der Waals surface area contributed by atoms with Gasteiger partial charge in [-0.1, -0.05) is 31.4 Å². The van der Waals surface area contributed by atoms with E-state index in [1.54, 1.807) is 18.2 Å². The van der Waals surface area contributed by atoms with Gasteiger partial charge >= 0.3 is 5.97 Å². The van der Waals surface area contributed by atoms with E-state index in [1.165, 1.54) is 18.9 Å². The normalized spacial score (nSPS) is 12.0. The van der Waals surface area contributed by atoms with Crippen LogP contribution in [0.3, 0.4) is 0 Å². The summed E-state index contributed by atoms with van der Waals surface area (Å²) in [5, 5.41) is 4.99. The van der Waals surface area contributed by atoms with Crippen molar-refractivity contribution in [2.45, 2.75) is 13.5 Å². The van der Waals surface area contributed by atoms with Crippen molar-refractivity contribution >= 4 is 29.4 Å². The van der Waals surface area contributed by atoms with E-state index < -0.39 is 17.8 Å². The summed E-state index contributed by atoms with van der Waals surface area (Å²) in [6.07, 6.45) is 0. The highest BCUT2D eigenvalue weighted by Gasteiger charge is 2.36. The molecule has 0 saturated heterocycles. The Morgan fingerprint density at radius 2 is 1.70 bits per heavy atom. The van der Waals surface area contributed by atoms with Gasteiger partial charge in [0.25, 0.3) is 11.8 Å². The Bertz CT molecular complexity index is 1180. The van der Waals surface area contributed by atoms with Crippen molar-refractivity contribution in [3.05, 3.63) is 72.1 Å². The topological polar surface area (TPSA) is 114 Å². The zero-order valence-electron chi connectivity index (χ0n) is 18.5. The third-order valence-electron chi connectivity index (χ3n) is 5.07. The van der Waals surface area contributed by atoms with E-state index in [0.717, 1.165) is 18.2 Å². The van der Waals surface area contributed by atoms with Gasteiger partial charge in [0.2, 0.25) is 5.91 Å². The van der Waals surface area contributed by atoms with Gasteiger partial charge in [0.15, 0.2) is 0 Å². The van der Waals surface area contributed by atoms with Crippen molar-refractivity contribution in [2.24, 2.45) is 0 Å². The number of nitrogens with one attached hydrogen (secondary N) is 2. The summed E-state index contributed by atoms with van der Waals surface area (Å²) in [4.78, 5) is 49.7. The second-order valence-corrected chi connectivity index (χ2v) is 7.19. The molecule has 0 spiro atoms. The fourth-order valence-electron chi connectivity index (χ4n) is 3.49. The minimum atomic E-state index is -0.807. The van der Waals surface area contributed by atoms with Gasteiger partial charge in [-0.05, 0) is 34.9 Å². The van der Waals surface area contributed by atoms with Crippen LogP contribution in [0.5, 0.6) is 5.75 Å². The molecule has 9 heteroatoms. The predicted octanol–water partition coefficient (Wildman–Crippen LogP) is 2.59. The molecule has 0 atom stereocenters.